The number of carboxylic acids is 1. The van der Waals surface area contributed by atoms with Crippen LogP contribution in [-0.4, -0.2) is 67.6 Å². The van der Waals surface area contributed by atoms with Gasteiger partial charge in [-0.2, -0.15) is 0 Å². The van der Waals surface area contributed by atoms with Crippen molar-refractivity contribution in [2.24, 2.45) is 0 Å². The third-order valence-corrected chi connectivity index (χ3v) is 2.79. The minimum atomic E-state index is -0.886. The number of nitrogens with zero attached hydrogens (tertiary/aromatic N) is 1. The molecule has 1 unspecified atom stereocenters. The number of carbonyl (C=O) groups excluding carboxylic acids is 1. The zero-order valence-corrected chi connectivity index (χ0v) is 10.8. The molecule has 1 aliphatic heterocycles. The Labute approximate surface area is 112 Å². The highest BCUT2D eigenvalue weighted by atomic mass is 16.5. The maximum absolute atomic E-state index is 11.2. The van der Waals surface area contributed by atoms with Gasteiger partial charge in [-0.1, -0.05) is 12.7 Å². The molecule has 1 heterocycles. The third-order valence-electron chi connectivity index (χ3n) is 2.79. The van der Waals surface area contributed by atoms with E-state index >= 15 is 0 Å². The van der Waals surface area contributed by atoms with E-state index in [1.165, 1.54) is 6.08 Å². The van der Waals surface area contributed by atoms with E-state index in [1.54, 1.807) is 0 Å². The second-order valence-electron chi connectivity index (χ2n) is 4.10. The molecule has 0 bridgehead atoms. The van der Waals surface area contributed by atoms with Crippen LogP contribution in [0.3, 0.4) is 0 Å². The highest BCUT2D eigenvalue weighted by Crippen LogP contribution is 2.07. The van der Waals surface area contributed by atoms with Gasteiger partial charge in [-0.05, 0) is 6.42 Å². The van der Waals surface area contributed by atoms with E-state index in [9.17, 15) is 14.7 Å². The first-order valence-corrected chi connectivity index (χ1v) is 6.21. The summed E-state index contributed by atoms with van der Waals surface area (Å²) in [4.78, 5) is 24.2. The summed E-state index contributed by atoms with van der Waals surface area (Å²) in [6, 6.07) is -0.608. The summed E-state index contributed by atoms with van der Waals surface area (Å²) in [5.41, 5.74) is 0. The number of ether oxygens (including phenoxy) is 2. The normalized spacial score (nSPS) is 17.5. The molecule has 0 saturated carbocycles. The summed E-state index contributed by atoms with van der Waals surface area (Å²) < 4.78 is 9.91. The molecule has 1 atom stereocenters. The van der Waals surface area contributed by atoms with Crippen LogP contribution in [0.25, 0.3) is 0 Å². The molecule has 108 valence electrons. The Kier molecular flexibility index (Phi) is 6.91. The van der Waals surface area contributed by atoms with Gasteiger partial charge in [0.05, 0.1) is 13.2 Å². The van der Waals surface area contributed by atoms with Crippen LogP contribution >= 0.6 is 0 Å². The summed E-state index contributed by atoms with van der Waals surface area (Å²) >= 11 is 0. The number of carbonyl (C=O) groups is 2. The number of amides is 1. The first-order chi connectivity index (χ1) is 9.15. The third kappa shape index (κ3) is 5.71. The molecule has 0 aromatic carbocycles. The largest absolute Gasteiger partial charge is 0.480 e. The molecule has 0 aromatic heterocycles. The highest BCUT2D eigenvalue weighted by Gasteiger charge is 2.26. The Bertz CT molecular complexity index is 315. The van der Waals surface area contributed by atoms with Gasteiger partial charge in [0, 0.05) is 19.6 Å². The number of alkyl carbamates (subject to hydrolysis) is 1. The molecule has 2 N–H and O–H groups in total. The zero-order chi connectivity index (χ0) is 14.1. The Morgan fingerprint density at radius 1 is 1.47 bits per heavy atom. The number of aliphatic carboxylic acids is 1. The topological polar surface area (TPSA) is 88.1 Å². The van der Waals surface area contributed by atoms with Crippen molar-refractivity contribution >= 4 is 12.1 Å². The van der Waals surface area contributed by atoms with Crippen molar-refractivity contribution < 1.29 is 24.2 Å². The number of hydrogen-bond donors (Lipinski definition) is 2. The van der Waals surface area contributed by atoms with Gasteiger partial charge >= 0.3 is 12.1 Å². The lowest BCUT2D eigenvalue weighted by atomic mass is 10.1. The predicted molar refractivity (Wildman–Crippen MR) is 68.0 cm³/mol. The Balaban J connectivity index is 2.31. The van der Waals surface area contributed by atoms with Gasteiger partial charge in [0.2, 0.25) is 0 Å². The number of rotatable bonds is 7. The molecule has 0 radical (unpaired) electrons. The maximum Gasteiger partial charge on any atom is 0.407 e. The molecule has 7 heteroatoms. The quantitative estimate of drug-likeness (QED) is 0.638. The molecule has 1 fully saturated rings. The predicted octanol–water partition coefficient (Wildman–Crippen LogP) is 0.0741. The van der Waals surface area contributed by atoms with E-state index < -0.39 is 18.1 Å². The van der Waals surface area contributed by atoms with Gasteiger partial charge in [-0.25, -0.2) is 4.79 Å². The van der Waals surface area contributed by atoms with Crippen LogP contribution in [-0.2, 0) is 14.3 Å². The van der Waals surface area contributed by atoms with Crippen LogP contribution < -0.4 is 5.32 Å². The maximum atomic E-state index is 11.2. The lowest BCUT2D eigenvalue weighted by molar-refractivity contribution is -0.145. The number of morpholine rings is 1. The van der Waals surface area contributed by atoms with Crippen molar-refractivity contribution in [3.63, 3.8) is 0 Å². The Morgan fingerprint density at radius 2 is 2.16 bits per heavy atom. The van der Waals surface area contributed by atoms with Gasteiger partial charge in [0.1, 0.15) is 12.6 Å². The average Bonchev–Trinajstić information content (AvgIpc) is 2.42. The summed E-state index contributed by atoms with van der Waals surface area (Å²) in [6.45, 7) is 6.09. The van der Waals surface area contributed by atoms with Gasteiger partial charge in [-0.15, -0.1) is 0 Å². The molecule has 1 amide bonds. The van der Waals surface area contributed by atoms with Gasteiger partial charge in [0.25, 0.3) is 0 Å². The lowest BCUT2D eigenvalue weighted by Gasteiger charge is -2.31. The van der Waals surface area contributed by atoms with Crippen molar-refractivity contribution in [3.8, 4) is 0 Å². The molecule has 0 aliphatic carbocycles. The van der Waals surface area contributed by atoms with Crippen LogP contribution in [0.5, 0.6) is 0 Å². The fourth-order valence-electron chi connectivity index (χ4n) is 1.85. The summed E-state index contributed by atoms with van der Waals surface area (Å²) in [6.07, 6.45) is 1.23. The van der Waals surface area contributed by atoms with Gasteiger partial charge in [0.15, 0.2) is 0 Å². The van der Waals surface area contributed by atoms with Crippen LogP contribution in [0.2, 0.25) is 0 Å². The molecule has 0 spiro atoms. The first-order valence-electron chi connectivity index (χ1n) is 6.21. The van der Waals surface area contributed by atoms with Crippen LogP contribution in [0, 0.1) is 0 Å². The average molecular weight is 272 g/mol. The Morgan fingerprint density at radius 3 is 2.74 bits per heavy atom. The summed E-state index contributed by atoms with van der Waals surface area (Å²) in [5.74, 6) is -0.886. The molecular formula is C12H20N2O5. The fourth-order valence-corrected chi connectivity index (χ4v) is 1.85. The van der Waals surface area contributed by atoms with Gasteiger partial charge in [-0.3, -0.25) is 9.69 Å². The van der Waals surface area contributed by atoms with Crippen molar-refractivity contribution in [1.29, 1.82) is 0 Å². The van der Waals surface area contributed by atoms with Gasteiger partial charge < -0.3 is 19.9 Å². The van der Waals surface area contributed by atoms with E-state index in [0.29, 0.717) is 32.7 Å². The molecular weight excluding hydrogens is 252 g/mol. The van der Waals surface area contributed by atoms with Crippen LogP contribution in [0.4, 0.5) is 4.79 Å². The van der Waals surface area contributed by atoms with Crippen molar-refractivity contribution in [2.75, 3.05) is 39.5 Å². The van der Waals surface area contributed by atoms with E-state index in [0.717, 1.165) is 0 Å². The van der Waals surface area contributed by atoms with Crippen molar-refractivity contribution in [1.82, 2.24) is 10.2 Å². The molecule has 1 saturated heterocycles. The highest BCUT2D eigenvalue weighted by molar-refractivity contribution is 5.73. The van der Waals surface area contributed by atoms with Crippen molar-refractivity contribution in [3.05, 3.63) is 12.7 Å². The zero-order valence-electron chi connectivity index (χ0n) is 10.8. The fraction of sp³-hybridized carbons (Fsp3) is 0.667. The van der Waals surface area contributed by atoms with E-state index in [-0.39, 0.29) is 13.2 Å². The Hall–Kier alpha value is -1.60. The molecule has 19 heavy (non-hydrogen) atoms. The van der Waals surface area contributed by atoms with Crippen LogP contribution in [0.1, 0.15) is 6.42 Å². The summed E-state index contributed by atoms with van der Waals surface area (Å²) in [7, 11) is 0. The SMILES string of the molecule is C=CCOC(=O)NCCC(C(=O)O)N1CCOCC1. The van der Waals surface area contributed by atoms with Crippen molar-refractivity contribution in [2.45, 2.75) is 12.5 Å². The molecule has 7 nitrogen and oxygen atoms in total. The van der Waals surface area contributed by atoms with E-state index in [4.69, 9.17) is 9.47 Å². The second kappa shape index (κ2) is 8.49. The first kappa shape index (κ1) is 15.5. The minimum absolute atomic E-state index is 0.137. The molecule has 1 rings (SSSR count). The van der Waals surface area contributed by atoms with E-state index in [1.807, 2.05) is 4.90 Å². The smallest absolute Gasteiger partial charge is 0.407 e. The number of nitrogens with one attached hydrogen (secondary N) is 1. The monoisotopic (exact) mass is 272 g/mol. The number of carboxylic acid groups (broad SMARTS) is 1. The standard InChI is InChI=1S/C12H20N2O5/c1-2-7-19-12(17)13-4-3-10(11(15)16)14-5-8-18-9-6-14/h2,10H,1,3-9H2,(H,13,17)(H,15,16). The molecule has 0 aromatic rings. The van der Waals surface area contributed by atoms with E-state index in [2.05, 4.69) is 11.9 Å². The lowest BCUT2D eigenvalue weighted by Crippen LogP contribution is -2.48. The minimum Gasteiger partial charge on any atom is -0.480 e. The van der Waals surface area contributed by atoms with Crippen LogP contribution in [0.15, 0.2) is 12.7 Å². The number of hydrogen-bond acceptors (Lipinski definition) is 5. The molecule has 1 aliphatic rings. The second-order valence-corrected chi connectivity index (χ2v) is 4.10. The summed E-state index contributed by atoms with van der Waals surface area (Å²) in [5, 5.41) is 11.7.